The van der Waals surface area contributed by atoms with E-state index in [4.69, 9.17) is 9.15 Å². The Morgan fingerprint density at radius 3 is 2.71 bits per heavy atom. The number of amides is 1. The zero-order valence-electron chi connectivity index (χ0n) is 16.3. The maximum absolute atomic E-state index is 12.3. The van der Waals surface area contributed by atoms with Gasteiger partial charge in [0.1, 0.15) is 5.75 Å². The van der Waals surface area contributed by atoms with Crippen molar-refractivity contribution in [3.05, 3.63) is 58.7 Å². The molecule has 1 atom stereocenters. The van der Waals surface area contributed by atoms with Gasteiger partial charge in [-0.05, 0) is 49.8 Å². The molecule has 3 aromatic rings. The maximum atomic E-state index is 12.3. The van der Waals surface area contributed by atoms with Gasteiger partial charge in [-0.25, -0.2) is 4.98 Å². The minimum atomic E-state index is -0.00685. The summed E-state index contributed by atoms with van der Waals surface area (Å²) in [6.45, 7) is 0.578. The van der Waals surface area contributed by atoms with Crippen LogP contribution in [-0.4, -0.2) is 43.5 Å². The Balaban J connectivity index is 1.50. The van der Waals surface area contributed by atoms with Crippen LogP contribution in [0.25, 0.3) is 11.3 Å². The number of nitrogens with one attached hydrogen (secondary N) is 1. The van der Waals surface area contributed by atoms with Gasteiger partial charge in [0, 0.05) is 29.8 Å². The fourth-order valence-corrected chi connectivity index (χ4v) is 3.78. The van der Waals surface area contributed by atoms with Crippen LogP contribution < -0.4 is 10.1 Å². The molecule has 0 radical (unpaired) electrons. The summed E-state index contributed by atoms with van der Waals surface area (Å²) >= 11 is 1.70. The molecule has 2 heterocycles. The number of methoxy groups -OCH3 is 1. The summed E-state index contributed by atoms with van der Waals surface area (Å²) in [6, 6.07) is 11.9. The van der Waals surface area contributed by atoms with Crippen molar-refractivity contribution < 1.29 is 13.9 Å². The van der Waals surface area contributed by atoms with Gasteiger partial charge in [-0.15, -0.1) is 11.3 Å². The van der Waals surface area contributed by atoms with Crippen molar-refractivity contribution in [2.45, 2.75) is 18.9 Å². The molecule has 148 valence electrons. The Kier molecular flexibility index (Phi) is 6.84. The van der Waals surface area contributed by atoms with Gasteiger partial charge in [-0.1, -0.05) is 6.07 Å². The minimum absolute atomic E-state index is 0.00685. The largest absolute Gasteiger partial charge is 0.497 e. The van der Waals surface area contributed by atoms with Crippen molar-refractivity contribution >= 4 is 17.2 Å². The normalized spacial score (nSPS) is 12.1. The number of carbonyl (C=O) groups is 1. The monoisotopic (exact) mass is 399 g/mol. The van der Waals surface area contributed by atoms with E-state index in [1.807, 2.05) is 44.4 Å². The summed E-state index contributed by atoms with van der Waals surface area (Å²) in [7, 11) is 5.67. The third-order valence-corrected chi connectivity index (χ3v) is 5.46. The van der Waals surface area contributed by atoms with Gasteiger partial charge in [0.15, 0.2) is 11.7 Å². The van der Waals surface area contributed by atoms with E-state index >= 15 is 0 Å². The van der Waals surface area contributed by atoms with Crippen molar-refractivity contribution in [1.82, 2.24) is 15.2 Å². The number of nitrogens with zero attached hydrogens (tertiary/aromatic N) is 2. The topological polar surface area (TPSA) is 67.6 Å². The lowest BCUT2D eigenvalue weighted by Gasteiger charge is -2.23. The van der Waals surface area contributed by atoms with Crippen molar-refractivity contribution in [3.8, 4) is 17.1 Å². The van der Waals surface area contributed by atoms with Crippen molar-refractivity contribution in [3.63, 3.8) is 0 Å². The lowest BCUT2D eigenvalue weighted by Crippen LogP contribution is -2.34. The molecular formula is C21H25N3O3S. The molecule has 0 saturated carbocycles. The summed E-state index contributed by atoms with van der Waals surface area (Å²) in [4.78, 5) is 19.9. The highest BCUT2D eigenvalue weighted by Gasteiger charge is 2.16. The number of thiophene rings is 1. The quantitative estimate of drug-likeness (QED) is 0.593. The van der Waals surface area contributed by atoms with Gasteiger partial charge in [0.2, 0.25) is 5.91 Å². The average Bonchev–Trinajstić information content (AvgIpc) is 3.39. The van der Waals surface area contributed by atoms with Crippen molar-refractivity contribution in [1.29, 1.82) is 0 Å². The number of likely N-dealkylation sites (N-methyl/N-ethyl adjacent to an activating group) is 1. The Labute approximate surface area is 169 Å². The highest BCUT2D eigenvalue weighted by molar-refractivity contribution is 7.10. The van der Waals surface area contributed by atoms with Gasteiger partial charge in [-0.2, -0.15) is 0 Å². The number of carbonyl (C=O) groups excluding carboxylic acids is 1. The number of rotatable bonds is 9. The first-order valence-electron chi connectivity index (χ1n) is 9.12. The van der Waals surface area contributed by atoms with Gasteiger partial charge in [0.05, 0.1) is 19.3 Å². The third-order valence-electron chi connectivity index (χ3n) is 4.48. The zero-order valence-corrected chi connectivity index (χ0v) is 17.2. The van der Waals surface area contributed by atoms with Gasteiger partial charge < -0.3 is 19.4 Å². The molecule has 0 saturated heterocycles. The molecule has 1 unspecified atom stereocenters. The summed E-state index contributed by atoms with van der Waals surface area (Å²) in [5.41, 5.74) is 0.925. The lowest BCUT2D eigenvalue weighted by molar-refractivity contribution is -0.121. The zero-order chi connectivity index (χ0) is 19.9. The summed E-state index contributed by atoms with van der Waals surface area (Å²) < 4.78 is 10.9. The number of aryl methyl sites for hydroxylation is 1. The molecule has 6 nitrogen and oxygen atoms in total. The summed E-state index contributed by atoms with van der Waals surface area (Å²) in [5.74, 6) is 2.03. The first-order chi connectivity index (χ1) is 13.6. The van der Waals surface area contributed by atoms with E-state index in [-0.39, 0.29) is 11.9 Å². The molecule has 28 heavy (non-hydrogen) atoms. The van der Waals surface area contributed by atoms with E-state index in [1.165, 1.54) is 4.88 Å². The molecule has 0 aliphatic heterocycles. The predicted molar refractivity (Wildman–Crippen MR) is 111 cm³/mol. The molecule has 0 aliphatic rings. The molecule has 2 aromatic heterocycles. The van der Waals surface area contributed by atoms with E-state index in [1.54, 1.807) is 24.6 Å². The van der Waals surface area contributed by atoms with Crippen molar-refractivity contribution in [2.24, 2.45) is 0 Å². The van der Waals surface area contributed by atoms with Gasteiger partial charge in [0.25, 0.3) is 0 Å². The Hall–Kier alpha value is -2.64. The van der Waals surface area contributed by atoms with E-state index in [9.17, 15) is 4.79 Å². The minimum Gasteiger partial charge on any atom is -0.497 e. The average molecular weight is 400 g/mol. The van der Waals surface area contributed by atoms with Gasteiger partial charge >= 0.3 is 0 Å². The predicted octanol–water partition coefficient (Wildman–Crippen LogP) is 3.76. The second kappa shape index (κ2) is 9.52. The number of benzene rings is 1. The SMILES string of the molecule is COc1ccc(-c2cnc(CCC(=O)NCC(c3cccs3)N(C)C)o2)cc1. The molecular weight excluding hydrogens is 374 g/mol. The van der Waals surface area contributed by atoms with Crippen LogP contribution in [-0.2, 0) is 11.2 Å². The first kappa shape index (κ1) is 20.1. The van der Waals surface area contributed by atoms with Crippen LogP contribution in [0.2, 0.25) is 0 Å². The van der Waals surface area contributed by atoms with E-state index in [0.29, 0.717) is 31.0 Å². The van der Waals surface area contributed by atoms with Crippen LogP contribution in [0.15, 0.2) is 52.4 Å². The van der Waals surface area contributed by atoms with Crippen LogP contribution in [0.1, 0.15) is 23.2 Å². The van der Waals surface area contributed by atoms with Crippen LogP contribution in [0, 0.1) is 0 Å². The van der Waals surface area contributed by atoms with Crippen LogP contribution in [0.5, 0.6) is 5.75 Å². The Morgan fingerprint density at radius 1 is 1.29 bits per heavy atom. The maximum Gasteiger partial charge on any atom is 0.220 e. The molecule has 1 amide bonds. The molecule has 0 spiro atoms. The van der Waals surface area contributed by atoms with E-state index < -0.39 is 0 Å². The molecule has 0 bridgehead atoms. The molecule has 7 heteroatoms. The van der Waals surface area contributed by atoms with Crippen LogP contribution >= 0.6 is 11.3 Å². The third kappa shape index (κ3) is 5.21. The van der Waals surface area contributed by atoms with E-state index in [2.05, 4.69) is 26.6 Å². The van der Waals surface area contributed by atoms with Crippen molar-refractivity contribution in [2.75, 3.05) is 27.7 Å². The Morgan fingerprint density at radius 2 is 2.07 bits per heavy atom. The highest BCUT2D eigenvalue weighted by Crippen LogP contribution is 2.24. The fourth-order valence-electron chi connectivity index (χ4n) is 2.85. The standard InChI is InChI=1S/C21H25N3O3S/c1-24(2)17(19-5-4-12-28-19)13-22-20(25)10-11-21-23-14-18(27-21)15-6-8-16(26-3)9-7-15/h4-9,12,14,17H,10-11,13H2,1-3H3,(H,22,25). The number of aromatic nitrogens is 1. The van der Waals surface area contributed by atoms with Crippen LogP contribution in [0.4, 0.5) is 0 Å². The molecule has 1 N–H and O–H groups in total. The molecule has 0 fully saturated rings. The number of ether oxygens (including phenoxy) is 1. The van der Waals surface area contributed by atoms with Gasteiger partial charge in [-0.3, -0.25) is 4.79 Å². The van der Waals surface area contributed by atoms with Crippen LogP contribution in [0.3, 0.4) is 0 Å². The number of oxazole rings is 1. The number of hydrogen-bond donors (Lipinski definition) is 1. The lowest BCUT2D eigenvalue weighted by atomic mass is 10.2. The highest BCUT2D eigenvalue weighted by atomic mass is 32.1. The number of hydrogen-bond acceptors (Lipinski definition) is 6. The second-order valence-electron chi connectivity index (χ2n) is 6.65. The Bertz CT molecular complexity index is 873. The summed E-state index contributed by atoms with van der Waals surface area (Å²) in [6.07, 6.45) is 2.49. The molecule has 3 rings (SSSR count). The molecule has 1 aromatic carbocycles. The smallest absolute Gasteiger partial charge is 0.220 e. The second-order valence-corrected chi connectivity index (χ2v) is 7.62. The molecule has 0 aliphatic carbocycles. The fraction of sp³-hybridized carbons (Fsp3) is 0.333. The first-order valence-corrected chi connectivity index (χ1v) is 10.0. The van der Waals surface area contributed by atoms with E-state index in [0.717, 1.165) is 11.3 Å². The summed E-state index contributed by atoms with van der Waals surface area (Å²) in [5, 5.41) is 5.07.